The number of Topliss-reactive ketones (excluding diaryl/α,β-unsaturated/α-hetero) is 1. The van der Waals surface area contributed by atoms with Gasteiger partial charge in [0.05, 0.1) is 29.6 Å². The van der Waals surface area contributed by atoms with Crippen molar-refractivity contribution >= 4 is 41.5 Å². The van der Waals surface area contributed by atoms with Crippen LogP contribution < -0.4 is 5.32 Å². The molecule has 3 fully saturated rings. The van der Waals surface area contributed by atoms with Crippen LogP contribution in [-0.2, 0) is 52.4 Å². The number of fused-ring (bicyclic) bond motifs is 5. The molecule has 16 nitrogen and oxygen atoms in total. The third kappa shape index (κ3) is 8.85. The number of hydrogen-bond donors (Lipinski definition) is 3. The van der Waals surface area contributed by atoms with Crippen LogP contribution in [0, 0.1) is 16.7 Å². The third-order valence-corrected chi connectivity index (χ3v) is 14.5. The zero-order valence-corrected chi connectivity index (χ0v) is 39.2. The Morgan fingerprint density at radius 3 is 2.00 bits per heavy atom. The van der Waals surface area contributed by atoms with Gasteiger partial charge in [0.1, 0.15) is 30.0 Å². The number of amides is 1. The van der Waals surface area contributed by atoms with Gasteiger partial charge in [-0.25, -0.2) is 9.59 Å². The summed E-state index contributed by atoms with van der Waals surface area (Å²) in [6.45, 7) is 9.85. The van der Waals surface area contributed by atoms with Crippen molar-refractivity contribution in [3.63, 3.8) is 0 Å². The second-order valence-electron chi connectivity index (χ2n) is 18.9. The van der Waals surface area contributed by atoms with Gasteiger partial charge in [0.25, 0.3) is 5.91 Å². The van der Waals surface area contributed by atoms with E-state index >= 15 is 9.59 Å². The van der Waals surface area contributed by atoms with Crippen LogP contribution in [0.5, 0.6) is 0 Å². The lowest BCUT2D eigenvalue weighted by Crippen LogP contribution is -2.82. The van der Waals surface area contributed by atoms with Gasteiger partial charge in [0, 0.05) is 44.1 Å². The predicted molar refractivity (Wildman–Crippen MR) is 241 cm³/mol. The van der Waals surface area contributed by atoms with Gasteiger partial charge in [-0.3, -0.25) is 24.0 Å². The summed E-state index contributed by atoms with van der Waals surface area (Å²) in [6, 6.07) is 23.1. The lowest BCUT2D eigenvalue weighted by molar-refractivity contribution is -0.346. The fourth-order valence-electron chi connectivity index (χ4n) is 10.8. The van der Waals surface area contributed by atoms with E-state index < -0.39 is 119 Å². The number of hydrogen-bond acceptors (Lipinski definition) is 15. The van der Waals surface area contributed by atoms with Crippen LogP contribution in [0.25, 0.3) is 0 Å². The van der Waals surface area contributed by atoms with E-state index in [0.29, 0.717) is 18.4 Å². The molecule has 3 N–H and O–H groups in total. The van der Waals surface area contributed by atoms with Gasteiger partial charge in [-0.2, -0.15) is 0 Å². The zero-order valence-electron chi connectivity index (χ0n) is 39.2. The van der Waals surface area contributed by atoms with E-state index in [4.69, 9.17) is 28.4 Å². The maximum Gasteiger partial charge on any atom is 0.350 e. The Kier molecular flexibility index (Phi) is 14.2. The fraction of sp³-hybridized carbons (Fsp3) is 0.481. The Hall–Kier alpha value is -6.23. The maximum absolute atomic E-state index is 15.7. The summed E-state index contributed by atoms with van der Waals surface area (Å²) in [5.41, 5.74) is -7.17. The molecule has 11 atom stereocenters. The van der Waals surface area contributed by atoms with E-state index in [9.17, 15) is 34.2 Å². The fourth-order valence-corrected chi connectivity index (χ4v) is 10.8. The molecule has 1 heterocycles. The summed E-state index contributed by atoms with van der Waals surface area (Å²) < 4.78 is 36.7. The summed E-state index contributed by atoms with van der Waals surface area (Å²) in [4.78, 5) is 98.9. The van der Waals surface area contributed by atoms with Gasteiger partial charge in [-0.1, -0.05) is 93.9 Å². The smallest absolute Gasteiger partial charge is 0.350 e. The second kappa shape index (κ2) is 19.4. The normalized spacial score (nSPS) is 30.0. The number of ether oxygens (including phenoxy) is 6. The second-order valence-corrected chi connectivity index (χ2v) is 18.9. The first-order chi connectivity index (χ1) is 32.2. The molecule has 2 bridgehead atoms. The number of nitrogens with one attached hydrogen (secondary N) is 1. The van der Waals surface area contributed by atoms with E-state index in [1.54, 1.807) is 92.7 Å². The Morgan fingerprint density at radius 2 is 1.44 bits per heavy atom. The van der Waals surface area contributed by atoms with Crippen molar-refractivity contribution in [3.8, 4) is 0 Å². The molecular weight excluding hydrogens is 879 g/mol. The average molecular weight is 938 g/mol. The standard InChI is InChI=1S/C52H59NO15/c1-8-9-25-38(57)66-42(40(32-19-13-10-14-20-32)53-46(59)33-21-15-11-16-22-33)48(61)65-35-27-52(62)45(67-47(60)34-23-17-12-18-24-34)43-50(7,36(56)26-37-51(43,28-63-37)68-31(4)55)44(58)41(64-30(3)54)39(29(35)2)49(52,5)6/h10-24,35-37,40-43,45,56,62H,8-9,25-28H2,1-7H3,(H,53,59). The molecule has 362 valence electrons. The number of rotatable bonds is 14. The highest BCUT2D eigenvalue weighted by Gasteiger charge is 2.78. The van der Waals surface area contributed by atoms with Crippen molar-refractivity contribution in [1.82, 2.24) is 5.32 Å². The quantitative estimate of drug-likeness (QED) is 0.103. The van der Waals surface area contributed by atoms with Crippen LogP contribution in [0.2, 0.25) is 0 Å². The van der Waals surface area contributed by atoms with E-state index in [2.05, 4.69) is 5.32 Å². The van der Waals surface area contributed by atoms with Crippen LogP contribution in [0.1, 0.15) is 113 Å². The number of esters is 5. The van der Waals surface area contributed by atoms with Crippen LogP contribution in [0.15, 0.2) is 102 Å². The molecule has 3 aromatic rings. The highest BCUT2D eigenvalue weighted by molar-refractivity contribution is 5.96. The molecule has 0 radical (unpaired) electrons. The molecule has 1 saturated heterocycles. The maximum atomic E-state index is 15.7. The van der Waals surface area contributed by atoms with Crippen LogP contribution >= 0.6 is 0 Å². The molecule has 1 amide bonds. The molecule has 4 aliphatic rings. The third-order valence-electron chi connectivity index (χ3n) is 14.5. The molecule has 16 heteroatoms. The van der Waals surface area contributed by atoms with Crippen molar-refractivity contribution < 1.29 is 72.2 Å². The minimum absolute atomic E-state index is 0.0149. The molecule has 7 rings (SSSR count). The summed E-state index contributed by atoms with van der Waals surface area (Å²) in [7, 11) is 0. The average Bonchev–Trinajstić information content (AvgIpc) is 3.30. The first kappa shape index (κ1) is 49.7. The monoisotopic (exact) mass is 937 g/mol. The number of aliphatic hydroxyl groups is 2. The minimum Gasteiger partial charge on any atom is -0.455 e. The molecule has 1 aliphatic heterocycles. The number of unbranched alkanes of at least 4 members (excludes halogenated alkanes) is 1. The van der Waals surface area contributed by atoms with E-state index in [1.165, 1.54) is 26.0 Å². The number of aliphatic hydroxyl groups excluding tert-OH is 1. The summed E-state index contributed by atoms with van der Waals surface area (Å²) in [6.07, 6.45) is -9.51. The first-order valence-electron chi connectivity index (χ1n) is 22.9. The Balaban J connectivity index is 1.42. The van der Waals surface area contributed by atoms with Crippen molar-refractivity contribution in [2.75, 3.05) is 6.61 Å². The molecule has 2 saturated carbocycles. The summed E-state index contributed by atoms with van der Waals surface area (Å²) >= 11 is 0. The van der Waals surface area contributed by atoms with E-state index in [-0.39, 0.29) is 41.7 Å². The Labute approximate surface area is 394 Å². The van der Waals surface area contributed by atoms with Crippen LogP contribution in [0.3, 0.4) is 0 Å². The molecular formula is C52H59NO15. The molecule has 3 aliphatic carbocycles. The van der Waals surface area contributed by atoms with Crippen molar-refractivity contribution in [2.45, 2.75) is 134 Å². The molecule has 68 heavy (non-hydrogen) atoms. The number of ketones is 1. The number of carbonyl (C=O) groups excluding carboxylic acids is 7. The van der Waals surface area contributed by atoms with Crippen LogP contribution in [-0.4, -0.2) is 106 Å². The molecule has 0 spiro atoms. The molecule has 11 unspecified atom stereocenters. The van der Waals surface area contributed by atoms with E-state index in [0.717, 1.165) is 13.8 Å². The van der Waals surface area contributed by atoms with Gasteiger partial charge in [0.15, 0.2) is 17.5 Å². The minimum atomic E-state index is -2.43. The van der Waals surface area contributed by atoms with Crippen molar-refractivity contribution in [1.29, 1.82) is 0 Å². The largest absolute Gasteiger partial charge is 0.455 e. The van der Waals surface area contributed by atoms with Crippen LogP contribution in [0.4, 0.5) is 0 Å². The summed E-state index contributed by atoms with van der Waals surface area (Å²) in [5, 5.41) is 28.9. The number of carbonyl (C=O) groups is 7. The van der Waals surface area contributed by atoms with Gasteiger partial charge in [-0.05, 0) is 61.2 Å². The van der Waals surface area contributed by atoms with Gasteiger partial charge in [-0.15, -0.1) is 0 Å². The lowest BCUT2D eigenvalue weighted by Gasteiger charge is -2.67. The van der Waals surface area contributed by atoms with Crippen molar-refractivity contribution in [2.24, 2.45) is 16.7 Å². The topological polar surface area (TPSA) is 227 Å². The Morgan fingerprint density at radius 1 is 0.838 bits per heavy atom. The van der Waals surface area contributed by atoms with Gasteiger partial charge >= 0.3 is 29.8 Å². The van der Waals surface area contributed by atoms with Gasteiger partial charge in [0.2, 0.25) is 6.10 Å². The zero-order chi connectivity index (χ0) is 49.3. The van der Waals surface area contributed by atoms with E-state index in [1.807, 2.05) is 6.92 Å². The molecule has 0 aromatic heterocycles. The predicted octanol–water partition coefficient (Wildman–Crippen LogP) is 5.48. The highest BCUT2D eigenvalue weighted by Crippen LogP contribution is 2.64. The van der Waals surface area contributed by atoms with Gasteiger partial charge < -0.3 is 44.0 Å². The highest BCUT2D eigenvalue weighted by atomic mass is 16.6. The number of benzene rings is 3. The lowest BCUT2D eigenvalue weighted by atomic mass is 9.44. The SMILES string of the molecule is CCCCC(=O)OC(C(=O)OC1CC2(O)C(OC(=O)c3ccccc3)C3C4(OC(C)=O)COC4CC(O)C3(C)C(=O)C(OC(C)=O)C(=C1C)C2(C)C)C(NC(=O)c1ccccc1)c1ccccc1. The molecule has 3 aromatic carbocycles. The first-order valence-corrected chi connectivity index (χ1v) is 22.9. The Bertz CT molecular complexity index is 2460. The summed E-state index contributed by atoms with van der Waals surface area (Å²) in [5.74, 6) is -7.60. The van der Waals surface area contributed by atoms with Crippen molar-refractivity contribution in [3.05, 3.63) is 119 Å².